The minimum absolute atomic E-state index is 0.896. The summed E-state index contributed by atoms with van der Waals surface area (Å²) in [6.45, 7) is 5.03. The standard InChI is InChI=1S/C14H26N2/c1-2-12(8-15-5-1)9-16-10-14-7-11-3-4-13(14)6-11/h11-16H,1-10H2. The van der Waals surface area contributed by atoms with Crippen molar-refractivity contribution in [3.8, 4) is 0 Å². The van der Waals surface area contributed by atoms with E-state index >= 15 is 0 Å². The van der Waals surface area contributed by atoms with E-state index in [0.29, 0.717) is 0 Å². The molecule has 0 aromatic rings. The summed E-state index contributed by atoms with van der Waals surface area (Å²) >= 11 is 0. The smallest absolute Gasteiger partial charge is 0.000825 e. The average molecular weight is 222 g/mol. The predicted octanol–water partition coefficient (Wildman–Crippen LogP) is 2.01. The van der Waals surface area contributed by atoms with Crippen molar-refractivity contribution >= 4 is 0 Å². The van der Waals surface area contributed by atoms with Crippen molar-refractivity contribution in [2.45, 2.75) is 38.5 Å². The largest absolute Gasteiger partial charge is 0.316 e. The Hall–Kier alpha value is -0.0800. The first-order valence-corrected chi connectivity index (χ1v) is 7.33. The number of nitrogens with one attached hydrogen (secondary N) is 2. The highest BCUT2D eigenvalue weighted by Crippen LogP contribution is 2.47. The van der Waals surface area contributed by atoms with Gasteiger partial charge in [-0.15, -0.1) is 0 Å². The molecule has 2 heteroatoms. The molecule has 4 unspecified atom stereocenters. The zero-order valence-corrected chi connectivity index (χ0v) is 10.4. The highest BCUT2D eigenvalue weighted by molar-refractivity contribution is 4.90. The molecule has 0 aromatic heterocycles. The van der Waals surface area contributed by atoms with E-state index in [1.54, 1.807) is 6.42 Å². The zero-order chi connectivity index (χ0) is 10.8. The second kappa shape index (κ2) is 5.05. The quantitative estimate of drug-likeness (QED) is 0.760. The van der Waals surface area contributed by atoms with Crippen LogP contribution >= 0.6 is 0 Å². The Bertz CT molecular complexity index is 223. The second-order valence-electron chi connectivity index (χ2n) is 6.31. The van der Waals surface area contributed by atoms with E-state index < -0.39 is 0 Å². The summed E-state index contributed by atoms with van der Waals surface area (Å²) in [5.74, 6) is 4.11. The van der Waals surface area contributed by atoms with Crippen molar-refractivity contribution < 1.29 is 0 Å². The highest BCUT2D eigenvalue weighted by Gasteiger charge is 2.38. The molecule has 4 atom stereocenters. The number of fused-ring (bicyclic) bond motifs is 2. The van der Waals surface area contributed by atoms with Crippen molar-refractivity contribution in [3.63, 3.8) is 0 Å². The SMILES string of the molecule is C1CNCC(CNCC2CC3CCC2C3)C1. The maximum absolute atomic E-state index is 3.74. The summed E-state index contributed by atoms with van der Waals surface area (Å²) in [5.41, 5.74) is 0. The fourth-order valence-corrected chi connectivity index (χ4v) is 4.20. The van der Waals surface area contributed by atoms with Crippen LogP contribution in [0.25, 0.3) is 0 Å². The molecule has 2 nitrogen and oxygen atoms in total. The predicted molar refractivity (Wildman–Crippen MR) is 67.4 cm³/mol. The number of rotatable bonds is 4. The van der Waals surface area contributed by atoms with Crippen molar-refractivity contribution in [3.05, 3.63) is 0 Å². The third-order valence-corrected chi connectivity index (χ3v) is 5.12. The van der Waals surface area contributed by atoms with Crippen LogP contribution in [0.5, 0.6) is 0 Å². The average Bonchev–Trinajstić information content (AvgIpc) is 2.92. The first kappa shape index (κ1) is 11.0. The summed E-state index contributed by atoms with van der Waals surface area (Å²) in [7, 11) is 0. The van der Waals surface area contributed by atoms with E-state index in [9.17, 15) is 0 Å². The van der Waals surface area contributed by atoms with Gasteiger partial charge in [-0.3, -0.25) is 0 Å². The Morgan fingerprint density at radius 3 is 2.75 bits per heavy atom. The molecule has 16 heavy (non-hydrogen) atoms. The lowest BCUT2D eigenvalue weighted by atomic mass is 9.88. The first-order chi connectivity index (χ1) is 7.92. The molecule has 2 N–H and O–H groups in total. The summed E-state index contributed by atoms with van der Waals surface area (Å²) in [6.07, 6.45) is 8.95. The lowest BCUT2D eigenvalue weighted by Crippen LogP contribution is -2.38. The maximum Gasteiger partial charge on any atom is -0.000825 e. The number of hydrogen-bond acceptors (Lipinski definition) is 2. The van der Waals surface area contributed by atoms with Gasteiger partial charge < -0.3 is 10.6 Å². The molecule has 0 radical (unpaired) electrons. The molecule has 1 heterocycles. The van der Waals surface area contributed by atoms with Gasteiger partial charge in [0.15, 0.2) is 0 Å². The van der Waals surface area contributed by atoms with Gasteiger partial charge in [-0.05, 0) is 82.0 Å². The normalized spacial score (nSPS) is 42.8. The summed E-state index contributed by atoms with van der Waals surface area (Å²) < 4.78 is 0. The fraction of sp³-hybridized carbons (Fsp3) is 1.00. The van der Waals surface area contributed by atoms with Crippen LogP contribution in [-0.4, -0.2) is 26.2 Å². The van der Waals surface area contributed by atoms with Crippen LogP contribution in [0.3, 0.4) is 0 Å². The Labute approximate surface area is 99.6 Å². The van der Waals surface area contributed by atoms with Crippen LogP contribution in [0, 0.1) is 23.7 Å². The van der Waals surface area contributed by atoms with Gasteiger partial charge in [-0.1, -0.05) is 6.42 Å². The second-order valence-corrected chi connectivity index (χ2v) is 6.31. The van der Waals surface area contributed by atoms with Crippen LogP contribution in [0.1, 0.15) is 38.5 Å². The van der Waals surface area contributed by atoms with Crippen molar-refractivity contribution in [2.75, 3.05) is 26.2 Å². The van der Waals surface area contributed by atoms with Crippen LogP contribution in [0.4, 0.5) is 0 Å². The summed E-state index contributed by atoms with van der Waals surface area (Å²) in [5, 5.41) is 7.24. The van der Waals surface area contributed by atoms with Crippen molar-refractivity contribution in [1.82, 2.24) is 10.6 Å². The monoisotopic (exact) mass is 222 g/mol. The van der Waals surface area contributed by atoms with E-state index in [-0.39, 0.29) is 0 Å². The Morgan fingerprint density at radius 2 is 2.06 bits per heavy atom. The Kier molecular flexibility index (Phi) is 3.49. The molecular weight excluding hydrogens is 196 g/mol. The van der Waals surface area contributed by atoms with Crippen LogP contribution in [0.15, 0.2) is 0 Å². The molecule has 3 aliphatic rings. The lowest BCUT2D eigenvalue weighted by Gasteiger charge is -2.26. The maximum atomic E-state index is 3.74. The molecule has 2 aliphatic carbocycles. The topological polar surface area (TPSA) is 24.1 Å². The summed E-state index contributed by atoms with van der Waals surface area (Å²) in [6, 6.07) is 0. The van der Waals surface area contributed by atoms with E-state index in [4.69, 9.17) is 0 Å². The van der Waals surface area contributed by atoms with E-state index in [0.717, 1.165) is 23.7 Å². The van der Waals surface area contributed by atoms with Gasteiger partial charge in [0.25, 0.3) is 0 Å². The highest BCUT2D eigenvalue weighted by atomic mass is 14.9. The first-order valence-electron chi connectivity index (χ1n) is 7.33. The Balaban J connectivity index is 1.34. The van der Waals surface area contributed by atoms with Gasteiger partial charge >= 0.3 is 0 Å². The molecule has 3 fully saturated rings. The molecule has 1 saturated heterocycles. The molecule has 1 aliphatic heterocycles. The summed E-state index contributed by atoms with van der Waals surface area (Å²) in [4.78, 5) is 0. The lowest BCUT2D eigenvalue weighted by molar-refractivity contribution is 0.297. The molecule has 2 bridgehead atoms. The fourth-order valence-electron chi connectivity index (χ4n) is 4.20. The Morgan fingerprint density at radius 1 is 1.06 bits per heavy atom. The minimum Gasteiger partial charge on any atom is -0.316 e. The van der Waals surface area contributed by atoms with Crippen LogP contribution < -0.4 is 10.6 Å². The van der Waals surface area contributed by atoms with Crippen LogP contribution in [0.2, 0.25) is 0 Å². The van der Waals surface area contributed by atoms with Crippen LogP contribution in [-0.2, 0) is 0 Å². The van der Waals surface area contributed by atoms with Gasteiger partial charge in [0.1, 0.15) is 0 Å². The molecular formula is C14H26N2. The van der Waals surface area contributed by atoms with Crippen molar-refractivity contribution in [2.24, 2.45) is 23.7 Å². The van der Waals surface area contributed by atoms with Gasteiger partial charge in [0, 0.05) is 0 Å². The van der Waals surface area contributed by atoms with Gasteiger partial charge in [0.2, 0.25) is 0 Å². The van der Waals surface area contributed by atoms with Gasteiger partial charge in [-0.25, -0.2) is 0 Å². The van der Waals surface area contributed by atoms with Crippen molar-refractivity contribution in [1.29, 1.82) is 0 Å². The number of piperidine rings is 1. The molecule has 0 amide bonds. The van der Waals surface area contributed by atoms with Gasteiger partial charge in [0.05, 0.1) is 0 Å². The molecule has 0 spiro atoms. The number of hydrogen-bond donors (Lipinski definition) is 2. The minimum atomic E-state index is 0.896. The molecule has 3 rings (SSSR count). The van der Waals surface area contributed by atoms with E-state index in [2.05, 4.69) is 10.6 Å². The third-order valence-electron chi connectivity index (χ3n) is 5.12. The third kappa shape index (κ3) is 2.43. The zero-order valence-electron chi connectivity index (χ0n) is 10.4. The molecule has 92 valence electrons. The van der Waals surface area contributed by atoms with E-state index in [1.165, 1.54) is 58.3 Å². The van der Waals surface area contributed by atoms with Gasteiger partial charge in [-0.2, -0.15) is 0 Å². The molecule has 2 saturated carbocycles. The van der Waals surface area contributed by atoms with E-state index in [1.807, 2.05) is 0 Å². The molecule has 0 aromatic carbocycles.